The Bertz CT molecular complexity index is 726. The first-order chi connectivity index (χ1) is 9.92. The van der Waals surface area contributed by atoms with Gasteiger partial charge in [-0.05, 0) is 43.8 Å². The van der Waals surface area contributed by atoms with Crippen LogP contribution in [0.2, 0.25) is 5.02 Å². The van der Waals surface area contributed by atoms with Crippen molar-refractivity contribution in [1.29, 1.82) is 0 Å². The summed E-state index contributed by atoms with van der Waals surface area (Å²) in [7, 11) is -1.82. The number of hydrogen-bond donors (Lipinski definition) is 2. The second kappa shape index (κ2) is 6.89. The summed E-state index contributed by atoms with van der Waals surface area (Å²) in [5.74, 6) is 0. The Kier molecular flexibility index (Phi) is 5.40. The van der Waals surface area contributed by atoms with Crippen LogP contribution < -0.4 is 10.0 Å². The number of benzene rings is 1. The van der Waals surface area contributed by atoms with Gasteiger partial charge in [0.1, 0.15) is 4.90 Å². The monoisotopic (exact) mass is 344 g/mol. The van der Waals surface area contributed by atoms with Crippen LogP contribution in [0.4, 0.5) is 0 Å². The number of thiophene rings is 1. The van der Waals surface area contributed by atoms with Crippen LogP contribution in [0, 0.1) is 6.92 Å². The van der Waals surface area contributed by atoms with Crippen molar-refractivity contribution >= 4 is 33.0 Å². The fourth-order valence-corrected chi connectivity index (χ4v) is 4.37. The van der Waals surface area contributed by atoms with E-state index in [0.29, 0.717) is 6.54 Å². The molecule has 0 spiro atoms. The van der Waals surface area contributed by atoms with Gasteiger partial charge in [0.25, 0.3) is 0 Å². The van der Waals surface area contributed by atoms with Crippen molar-refractivity contribution < 1.29 is 8.42 Å². The minimum Gasteiger partial charge on any atom is -0.316 e. The number of sulfonamides is 1. The smallest absolute Gasteiger partial charge is 0.242 e. The summed E-state index contributed by atoms with van der Waals surface area (Å²) >= 11 is 7.60. The summed E-state index contributed by atoms with van der Waals surface area (Å²) in [4.78, 5) is 2.24. The topological polar surface area (TPSA) is 58.2 Å². The third-order valence-electron chi connectivity index (χ3n) is 2.90. The SMILES string of the molecule is CNCc1ccc(Cl)c(S(=O)(=O)NCc2ccc(C)s2)c1. The van der Waals surface area contributed by atoms with Crippen molar-refractivity contribution in [3.63, 3.8) is 0 Å². The fraction of sp³-hybridized carbons (Fsp3) is 0.286. The van der Waals surface area contributed by atoms with E-state index in [1.807, 2.05) is 19.1 Å². The fourth-order valence-electron chi connectivity index (χ4n) is 1.89. The molecule has 0 atom stereocenters. The molecule has 7 heteroatoms. The summed E-state index contributed by atoms with van der Waals surface area (Å²) in [6.07, 6.45) is 0. The summed E-state index contributed by atoms with van der Waals surface area (Å²) in [5, 5.41) is 3.21. The van der Waals surface area contributed by atoms with Crippen LogP contribution in [0.25, 0.3) is 0 Å². The second-order valence-corrected chi connectivity index (χ2v) is 8.15. The molecule has 0 radical (unpaired) electrons. The van der Waals surface area contributed by atoms with Crippen LogP contribution in [0.5, 0.6) is 0 Å². The molecule has 4 nitrogen and oxygen atoms in total. The molecule has 0 saturated carbocycles. The molecule has 0 amide bonds. The van der Waals surface area contributed by atoms with Gasteiger partial charge in [-0.1, -0.05) is 17.7 Å². The van der Waals surface area contributed by atoms with E-state index in [4.69, 9.17) is 11.6 Å². The van der Waals surface area contributed by atoms with Crippen molar-refractivity contribution in [2.45, 2.75) is 24.9 Å². The lowest BCUT2D eigenvalue weighted by Gasteiger charge is -2.09. The van der Waals surface area contributed by atoms with Crippen LogP contribution in [-0.4, -0.2) is 15.5 Å². The maximum absolute atomic E-state index is 12.4. The van der Waals surface area contributed by atoms with Gasteiger partial charge in [0.05, 0.1) is 5.02 Å². The summed E-state index contributed by atoms with van der Waals surface area (Å²) in [6, 6.07) is 8.90. The predicted molar refractivity (Wildman–Crippen MR) is 87.3 cm³/mol. The van der Waals surface area contributed by atoms with Crippen LogP contribution in [0.15, 0.2) is 35.2 Å². The molecule has 0 unspecified atom stereocenters. The van der Waals surface area contributed by atoms with Gasteiger partial charge in [0.15, 0.2) is 0 Å². The second-order valence-electron chi connectivity index (χ2n) is 4.63. The molecule has 0 aliphatic heterocycles. The van der Waals surface area contributed by atoms with Crippen molar-refractivity contribution in [3.05, 3.63) is 50.7 Å². The van der Waals surface area contributed by atoms with Crippen LogP contribution in [-0.2, 0) is 23.1 Å². The predicted octanol–water partition coefficient (Wildman–Crippen LogP) is 2.91. The Labute approximate surface area is 134 Å². The Hall–Kier alpha value is -0.920. The molecule has 1 aromatic carbocycles. The highest BCUT2D eigenvalue weighted by Gasteiger charge is 2.18. The zero-order valence-corrected chi connectivity index (χ0v) is 14.2. The Morgan fingerprint density at radius 3 is 2.57 bits per heavy atom. The minimum absolute atomic E-state index is 0.116. The Balaban J connectivity index is 2.20. The molecule has 0 aliphatic carbocycles. The largest absolute Gasteiger partial charge is 0.316 e. The zero-order chi connectivity index (χ0) is 15.5. The lowest BCUT2D eigenvalue weighted by atomic mass is 10.2. The highest BCUT2D eigenvalue weighted by atomic mass is 35.5. The average molecular weight is 345 g/mol. The van der Waals surface area contributed by atoms with Crippen LogP contribution in [0.3, 0.4) is 0 Å². The van der Waals surface area contributed by atoms with E-state index in [9.17, 15) is 8.42 Å². The van der Waals surface area contributed by atoms with Gasteiger partial charge in [-0.15, -0.1) is 11.3 Å². The lowest BCUT2D eigenvalue weighted by molar-refractivity contribution is 0.581. The van der Waals surface area contributed by atoms with Crippen molar-refractivity contribution in [1.82, 2.24) is 10.0 Å². The zero-order valence-electron chi connectivity index (χ0n) is 11.8. The van der Waals surface area contributed by atoms with Gasteiger partial charge >= 0.3 is 0 Å². The van der Waals surface area contributed by atoms with Crippen molar-refractivity contribution in [3.8, 4) is 0 Å². The quantitative estimate of drug-likeness (QED) is 0.847. The van der Waals surface area contributed by atoms with Gasteiger partial charge in [-0.2, -0.15) is 0 Å². The van der Waals surface area contributed by atoms with E-state index in [-0.39, 0.29) is 16.5 Å². The first kappa shape index (κ1) is 16.5. The maximum atomic E-state index is 12.4. The van der Waals surface area contributed by atoms with Gasteiger partial charge in [0.2, 0.25) is 10.0 Å². The molecule has 2 N–H and O–H groups in total. The third-order valence-corrected chi connectivity index (χ3v) is 5.78. The molecule has 114 valence electrons. The molecule has 1 aromatic heterocycles. The van der Waals surface area contributed by atoms with Gasteiger partial charge in [-0.25, -0.2) is 13.1 Å². The number of rotatable bonds is 6. The summed E-state index contributed by atoms with van der Waals surface area (Å²) < 4.78 is 27.3. The maximum Gasteiger partial charge on any atom is 0.242 e. The highest BCUT2D eigenvalue weighted by Crippen LogP contribution is 2.23. The van der Waals surface area contributed by atoms with E-state index in [1.165, 1.54) is 0 Å². The van der Waals surface area contributed by atoms with E-state index in [0.717, 1.165) is 15.3 Å². The van der Waals surface area contributed by atoms with E-state index in [2.05, 4.69) is 10.0 Å². The Morgan fingerprint density at radius 2 is 1.95 bits per heavy atom. The van der Waals surface area contributed by atoms with E-state index < -0.39 is 10.0 Å². The molecule has 0 saturated heterocycles. The number of nitrogens with one attached hydrogen (secondary N) is 2. The molecular weight excluding hydrogens is 328 g/mol. The summed E-state index contributed by atoms with van der Waals surface area (Å²) in [5.41, 5.74) is 0.870. The molecule has 21 heavy (non-hydrogen) atoms. The van der Waals surface area contributed by atoms with E-state index in [1.54, 1.807) is 36.6 Å². The van der Waals surface area contributed by atoms with Gasteiger partial charge < -0.3 is 5.32 Å². The van der Waals surface area contributed by atoms with Gasteiger partial charge in [0, 0.05) is 22.8 Å². The van der Waals surface area contributed by atoms with E-state index >= 15 is 0 Å². The number of aryl methyl sites for hydroxylation is 1. The third kappa shape index (κ3) is 4.28. The van der Waals surface area contributed by atoms with Crippen LogP contribution in [0.1, 0.15) is 15.3 Å². The first-order valence-electron chi connectivity index (χ1n) is 6.40. The number of hydrogen-bond acceptors (Lipinski definition) is 4. The molecule has 2 rings (SSSR count). The molecule has 0 aliphatic rings. The molecule has 0 bridgehead atoms. The van der Waals surface area contributed by atoms with Gasteiger partial charge in [-0.3, -0.25) is 0 Å². The Morgan fingerprint density at radius 1 is 1.19 bits per heavy atom. The first-order valence-corrected chi connectivity index (χ1v) is 9.08. The molecule has 2 aromatic rings. The summed E-state index contributed by atoms with van der Waals surface area (Å²) in [6.45, 7) is 2.85. The number of halogens is 1. The van der Waals surface area contributed by atoms with Crippen LogP contribution >= 0.6 is 22.9 Å². The average Bonchev–Trinajstić information content (AvgIpc) is 2.85. The lowest BCUT2D eigenvalue weighted by Crippen LogP contribution is -2.23. The molecule has 1 heterocycles. The minimum atomic E-state index is -3.62. The van der Waals surface area contributed by atoms with Crippen molar-refractivity contribution in [2.75, 3.05) is 7.05 Å². The highest BCUT2D eigenvalue weighted by molar-refractivity contribution is 7.89. The normalized spacial score (nSPS) is 11.8. The molecule has 0 fully saturated rings. The molecular formula is C14H17ClN2O2S2. The standard InChI is InChI=1S/C14H17ClN2O2S2/c1-10-3-5-12(20-10)9-17-21(18,19)14-7-11(8-16-2)4-6-13(14)15/h3-7,16-17H,8-9H2,1-2H3. The van der Waals surface area contributed by atoms with Crippen molar-refractivity contribution in [2.24, 2.45) is 0 Å².